The maximum absolute atomic E-state index is 11.3. The van der Waals surface area contributed by atoms with Gasteiger partial charge in [0.05, 0.1) is 12.1 Å². The van der Waals surface area contributed by atoms with Crippen LogP contribution in [0.15, 0.2) is 18.2 Å². The Morgan fingerprint density at radius 3 is 2.64 bits per heavy atom. The minimum atomic E-state index is -0.254. The largest absolute Gasteiger partial charge is 0.508 e. The van der Waals surface area contributed by atoms with Crippen molar-refractivity contribution in [2.75, 3.05) is 13.6 Å². The molecule has 0 atom stereocenters. The van der Waals surface area contributed by atoms with E-state index in [0.29, 0.717) is 0 Å². The Hall–Kier alpha value is -1.26. The number of phenolic OH excluding ortho intramolecular Hbond substituents is 2. The van der Waals surface area contributed by atoms with Crippen LogP contribution in [0.3, 0.4) is 0 Å². The van der Waals surface area contributed by atoms with Crippen LogP contribution in [0.1, 0.15) is 10.4 Å². The van der Waals surface area contributed by atoms with E-state index in [-0.39, 0.29) is 41.8 Å². The molecule has 0 bridgehead atoms. The molecule has 0 saturated carbocycles. The first kappa shape index (κ1) is 12.7. The zero-order chi connectivity index (χ0) is 9.84. The van der Waals surface area contributed by atoms with Crippen LogP contribution in [0.4, 0.5) is 0 Å². The molecule has 1 aromatic rings. The lowest BCUT2D eigenvalue weighted by Gasteiger charge is -2.03. The number of hydrogen-bond acceptors (Lipinski definition) is 4. The minimum Gasteiger partial charge on any atom is -0.508 e. The molecule has 0 aliphatic heterocycles. The van der Waals surface area contributed by atoms with E-state index in [1.165, 1.54) is 18.2 Å². The third-order valence-electron chi connectivity index (χ3n) is 1.62. The Bertz CT molecular complexity index is 328. The third kappa shape index (κ3) is 2.90. The van der Waals surface area contributed by atoms with Gasteiger partial charge in [0.15, 0.2) is 5.78 Å². The van der Waals surface area contributed by atoms with Crippen molar-refractivity contribution in [1.29, 1.82) is 0 Å². The molecule has 0 aliphatic carbocycles. The summed E-state index contributed by atoms with van der Waals surface area (Å²) in [5.41, 5.74) is 0.134. The summed E-state index contributed by atoms with van der Waals surface area (Å²) in [6.07, 6.45) is 0. The Morgan fingerprint density at radius 1 is 1.43 bits per heavy atom. The normalized spacial score (nSPS) is 9.21. The van der Waals surface area contributed by atoms with E-state index in [1.54, 1.807) is 7.05 Å². The first-order valence-corrected chi connectivity index (χ1v) is 3.85. The monoisotopic (exact) mass is 217 g/mol. The molecule has 3 N–H and O–H groups in total. The molecule has 0 heterocycles. The van der Waals surface area contributed by atoms with Gasteiger partial charge in [0.25, 0.3) is 0 Å². The van der Waals surface area contributed by atoms with Gasteiger partial charge in [-0.15, -0.1) is 12.4 Å². The minimum absolute atomic E-state index is 0. The molecule has 0 fully saturated rings. The van der Waals surface area contributed by atoms with E-state index in [1.807, 2.05) is 0 Å². The lowest BCUT2D eigenvalue weighted by Crippen LogP contribution is -2.18. The second kappa shape index (κ2) is 5.47. The second-order valence-corrected chi connectivity index (χ2v) is 2.65. The van der Waals surface area contributed by atoms with Gasteiger partial charge in [-0.2, -0.15) is 0 Å². The highest BCUT2D eigenvalue weighted by Crippen LogP contribution is 2.21. The Balaban J connectivity index is 0.00000169. The summed E-state index contributed by atoms with van der Waals surface area (Å²) < 4.78 is 0. The van der Waals surface area contributed by atoms with Crippen LogP contribution < -0.4 is 5.32 Å². The van der Waals surface area contributed by atoms with Crippen molar-refractivity contribution >= 4 is 18.2 Å². The molecule has 0 saturated heterocycles. The molecule has 0 unspecified atom stereocenters. The van der Waals surface area contributed by atoms with Crippen LogP contribution in [-0.2, 0) is 0 Å². The Kier molecular flexibility index (Phi) is 4.97. The van der Waals surface area contributed by atoms with Gasteiger partial charge in [-0.3, -0.25) is 4.79 Å². The number of ketones is 1. The number of aromatic hydroxyl groups is 2. The van der Waals surface area contributed by atoms with Crippen LogP contribution in [0.2, 0.25) is 0 Å². The quantitative estimate of drug-likeness (QED) is 0.520. The zero-order valence-corrected chi connectivity index (χ0v) is 8.47. The van der Waals surface area contributed by atoms with Gasteiger partial charge < -0.3 is 15.5 Å². The highest BCUT2D eigenvalue weighted by Gasteiger charge is 2.10. The van der Waals surface area contributed by atoms with E-state index in [9.17, 15) is 9.90 Å². The molecule has 4 nitrogen and oxygen atoms in total. The number of nitrogens with one attached hydrogen (secondary N) is 1. The van der Waals surface area contributed by atoms with Crippen molar-refractivity contribution < 1.29 is 15.0 Å². The topological polar surface area (TPSA) is 69.6 Å². The van der Waals surface area contributed by atoms with E-state index in [2.05, 4.69) is 5.32 Å². The predicted molar refractivity (Wildman–Crippen MR) is 55.3 cm³/mol. The third-order valence-corrected chi connectivity index (χ3v) is 1.62. The Labute approximate surface area is 88.0 Å². The SMILES string of the molecule is CNCC(=O)c1cc(O)ccc1O.Cl. The average molecular weight is 218 g/mol. The number of phenols is 2. The molecule has 0 radical (unpaired) electrons. The number of carbonyl (C=O) groups is 1. The molecule has 5 heteroatoms. The van der Waals surface area contributed by atoms with Crippen LogP contribution in [0.25, 0.3) is 0 Å². The standard InChI is InChI=1S/C9H11NO3.ClH/c1-10-5-9(13)7-4-6(11)2-3-8(7)12;/h2-4,10-12H,5H2,1H3;1H. The fourth-order valence-electron chi connectivity index (χ4n) is 1.00. The number of halogens is 1. The van der Waals surface area contributed by atoms with Crippen LogP contribution in [-0.4, -0.2) is 29.6 Å². The number of carbonyl (C=O) groups excluding carboxylic acids is 1. The molecule has 78 valence electrons. The summed E-state index contributed by atoms with van der Waals surface area (Å²) in [7, 11) is 1.64. The molecule has 0 amide bonds. The van der Waals surface area contributed by atoms with Crippen LogP contribution >= 0.6 is 12.4 Å². The molecule has 0 aromatic heterocycles. The van der Waals surface area contributed by atoms with Gasteiger partial charge in [0.1, 0.15) is 11.5 Å². The van der Waals surface area contributed by atoms with Gasteiger partial charge >= 0.3 is 0 Å². The van der Waals surface area contributed by atoms with E-state index < -0.39 is 0 Å². The van der Waals surface area contributed by atoms with Crippen molar-refractivity contribution in [3.63, 3.8) is 0 Å². The fourth-order valence-corrected chi connectivity index (χ4v) is 1.00. The number of benzene rings is 1. The first-order valence-electron chi connectivity index (χ1n) is 3.85. The number of Topliss-reactive ketones (excluding diaryl/α,β-unsaturated/α-hetero) is 1. The van der Waals surface area contributed by atoms with Gasteiger partial charge in [0.2, 0.25) is 0 Å². The van der Waals surface area contributed by atoms with Gasteiger partial charge in [-0.1, -0.05) is 0 Å². The summed E-state index contributed by atoms with van der Waals surface area (Å²) in [4.78, 5) is 11.3. The maximum Gasteiger partial charge on any atom is 0.180 e. The number of likely N-dealkylation sites (N-methyl/N-ethyl adjacent to an activating group) is 1. The Morgan fingerprint density at radius 2 is 2.07 bits per heavy atom. The molecule has 0 spiro atoms. The van der Waals surface area contributed by atoms with Gasteiger partial charge in [-0.25, -0.2) is 0 Å². The number of rotatable bonds is 3. The molecule has 1 aromatic carbocycles. The molecule has 14 heavy (non-hydrogen) atoms. The highest BCUT2D eigenvalue weighted by molar-refractivity contribution is 6.00. The average Bonchev–Trinajstić information content (AvgIpc) is 2.09. The van der Waals surface area contributed by atoms with Crippen molar-refractivity contribution in [2.45, 2.75) is 0 Å². The predicted octanol–water partition coefficient (Wildman–Crippen LogP) is 0.922. The van der Waals surface area contributed by atoms with E-state index in [0.717, 1.165) is 0 Å². The molecular formula is C9H12ClNO3. The van der Waals surface area contributed by atoms with Gasteiger partial charge in [0, 0.05) is 0 Å². The number of hydrogen-bond donors (Lipinski definition) is 3. The van der Waals surface area contributed by atoms with E-state index in [4.69, 9.17) is 5.11 Å². The molecular weight excluding hydrogens is 206 g/mol. The van der Waals surface area contributed by atoms with Crippen molar-refractivity contribution in [3.05, 3.63) is 23.8 Å². The molecule has 0 aliphatic rings. The fraction of sp³-hybridized carbons (Fsp3) is 0.222. The highest BCUT2D eigenvalue weighted by atomic mass is 35.5. The zero-order valence-electron chi connectivity index (χ0n) is 7.65. The van der Waals surface area contributed by atoms with Crippen molar-refractivity contribution in [1.82, 2.24) is 5.32 Å². The van der Waals surface area contributed by atoms with Crippen LogP contribution in [0.5, 0.6) is 11.5 Å². The van der Waals surface area contributed by atoms with Crippen molar-refractivity contribution in [3.8, 4) is 11.5 Å². The summed E-state index contributed by atoms with van der Waals surface area (Å²) in [6, 6.07) is 3.86. The lowest BCUT2D eigenvalue weighted by atomic mass is 10.1. The second-order valence-electron chi connectivity index (χ2n) is 2.65. The lowest BCUT2D eigenvalue weighted by molar-refractivity contribution is 0.0990. The van der Waals surface area contributed by atoms with E-state index >= 15 is 0 Å². The smallest absolute Gasteiger partial charge is 0.180 e. The van der Waals surface area contributed by atoms with Crippen molar-refractivity contribution in [2.24, 2.45) is 0 Å². The summed E-state index contributed by atoms with van der Waals surface area (Å²) >= 11 is 0. The summed E-state index contributed by atoms with van der Waals surface area (Å²) in [6.45, 7) is 0.136. The van der Waals surface area contributed by atoms with Crippen LogP contribution in [0, 0.1) is 0 Å². The molecule has 1 rings (SSSR count). The maximum atomic E-state index is 11.3. The summed E-state index contributed by atoms with van der Waals surface area (Å²) in [5.74, 6) is -0.397. The summed E-state index contributed by atoms with van der Waals surface area (Å²) in [5, 5.41) is 21.0. The van der Waals surface area contributed by atoms with Gasteiger partial charge in [-0.05, 0) is 25.2 Å². The first-order chi connectivity index (χ1) is 6.15.